The fraction of sp³-hybridized carbons (Fsp3) is 0.571. The number of ether oxygens (including phenoxy) is 1. The van der Waals surface area contributed by atoms with E-state index in [4.69, 9.17) is 4.74 Å². The molecule has 0 amide bonds. The second-order valence-corrected chi connectivity index (χ2v) is 5.14. The molecule has 112 valence electrons. The molecule has 0 saturated heterocycles. The maximum absolute atomic E-state index is 12.2. The lowest BCUT2D eigenvalue weighted by atomic mass is 9.96. The Morgan fingerprint density at radius 2 is 2.05 bits per heavy atom. The van der Waals surface area contributed by atoms with Crippen molar-refractivity contribution in [1.82, 2.24) is 10.2 Å². The van der Waals surface area contributed by atoms with Gasteiger partial charge in [-0.25, -0.2) is 0 Å². The first-order valence-corrected chi connectivity index (χ1v) is 6.54. The monoisotopic (exact) mass is 288 g/mol. The number of alkyl halides is 3. The highest BCUT2D eigenvalue weighted by molar-refractivity contribution is 5.43. The number of hydrogen-bond donors (Lipinski definition) is 1. The molecule has 3 nitrogen and oxygen atoms in total. The summed E-state index contributed by atoms with van der Waals surface area (Å²) in [7, 11) is 3.59. The number of halogens is 3. The minimum atomic E-state index is -4.19. The maximum Gasteiger partial charge on any atom is 0.401 e. The fourth-order valence-corrected chi connectivity index (χ4v) is 2.45. The lowest BCUT2D eigenvalue weighted by molar-refractivity contribution is -0.125. The quantitative estimate of drug-likeness (QED) is 0.920. The van der Waals surface area contributed by atoms with Crippen molar-refractivity contribution < 1.29 is 17.9 Å². The summed E-state index contributed by atoms with van der Waals surface area (Å²) in [5.74, 6) is 0.647. The summed E-state index contributed by atoms with van der Waals surface area (Å²) in [5.41, 5.74) is 3.17. The Bertz CT molecular complexity index is 474. The van der Waals surface area contributed by atoms with Crippen LogP contribution in [-0.2, 0) is 19.5 Å². The van der Waals surface area contributed by atoms with Crippen molar-refractivity contribution >= 4 is 0 Å². The van der Waals surface area contributed by atoms with Crippen LogP contribution in [0.5, 0.6) is 5.75 Å². The van der Waals surface area contributed by atoms with Crippen LogP contribution in [0.15, 0.2) is 12.1 Å². The topological polar surface area (TPSA) is 24.5 Å². The molecule has 0 saturated carbocycles. The van der Waals surface area contributed by atoms with Crippen LogP contribution >= 0.6 is 0 Å². The second-order valence-electron chi connectivity index (χ2n) is 5.14. The SMILES string of the molecule is COc1cc2c(cc1CNCC(F)(F)F)CCN(C)C2. The molecule has 1 aliphatic heterocycles. The van der Waals surface area contributed by atoms with E-state index in [1.807, 2.05) is 19.2 Å². The van der Waals surface area contributed by atoms with Crippen LogP contribution in [0, 0.1) is 0 Å². The standard InChI is InChI=1S/C14H19F3N2O/c1-19-4-3-10-5-11(7-18-9-14(15,16)17)13(20-2)6-12(10)8-19/h5-6,18H,3-4,7-9H2,1-2H3. The molecule has 6 heteroatoms. The molecule has 0 aromatic heterocycles. The molecule has 0 aliphatic carbocycles. The molecule has 1 aliphatic rings. The van der Waals surface area contributed by atoms with Crippen LogP contribution in [0.4, 0.5) is 13.2 Å². The number of likely N-dealkylation sites (N-methyl/N-ethyl adjacent to an activating group) is 1. The highest BCUT2D eigenvalue weighted by Gasteiger charge is 2.26. The van der Waals surface area contributed by atoms with Gasteiger partial charge in [-0.2, -0.15) is 13.2 Å². The van der Waals surface area contributed by atoms with E-state index in [-0.39, 0.29) is 6.54 Å². The number of benzene rings is 1. The molecule has 1 N–H and O–H groups in total. The first-order valence-electron chi connectivity index (χ1n) is 6.54. The van der Waals surface area contributed by atoms with E-state index >= 15 is 0 Å². The molecular formula is C14H19F3N2O. The molecule has 0 atom stereocenters. The normalized spacial score (nSPS) is 16.1. The van der Waals surface area contributed by atoms with Crippen molar-refractivity contribution in [3.05, 3.63) is 28.8 Å². The summed E-state index contributed by atoms with van der Waals surface area (Å²) in [5, 5.41) is 2.42. The molecule has 1 heterocycles. The highest BCUT2D eigenvalue weighted by atomic mass is 19.4. The predicted molar refractivity (Wildman–Crippen MR) is 70.8 cm³/mol. The zero-order chi connectivity index (χ0) is 14.8. The van der Waals surface area contributed by atoms with Crippen molar-refractivity contribution in [3.63, 3.8) is 0 Å². The average Bonchev–Trinajstić information content (AvgIpc) is 2.36. The van der Waals surface area contributed by atoms with Crippen LogP contribution in [0.3, 0.4) is 0 Å². The highest BCUT2D eigenvalue weighted by Crippen LogP contribution is 2.27. The third-order valence-corrected chi connectivity index (χ3v) is 3.45. The van der Waals surface area contributed by atoms with Gasteiger partial charge in [-0.3, -0.25) is 0 Å². The Morgan fingerprint density at radius 3 is 2.70 bits per heavy atom. The Balaban J connectivity index is 2.12. The van der Waals surface area contributed by atoms with Gasteiger partial charge in [0, 0.05) is 25.2 Å². The van der Waals surface area contributed by atoms with E-state index in [2.05, 4.69) is 10.2 Å². The predicted octanol–water partition coefficient (Wildman–Crippen LogP) is 2.34. The number of hydrogen-bond acceptors (Lipinski definition) is 3. The van der Waals surface area contributed by atoms with Gasteiger partial charge in [-0.15, -0.1) is 0 Å². The first-order chi connectivity index (χ1) is 9.39. The van der Waals surface area contributed by atoms with Gasteiger partial charge in [-0.05, 0) is 30.7 Å². The van der Waals surface area contributed by atoms with Crippen molar-refractivity contribution in [2.24, 2.45) is 0 Å². The molecule has 0 fully saturated rings. The van der Waals surface area contributed by atoms with E-state index < -0.39 is 12.7 Å². The molecule has 1 aromatic carbocycles. The molecule has 0 spiro atoms. The smallest absolute Gasteiger partial charge is 0.401 e. The van der Waals surface area contributed by atoms with Gasteiger partial charge in [-0.1, -0.05) is 6.07 Å². The lowest BCUT2D eigenvalue weighted by Crippen LogP contribution is -2.29. The molecule has 1 aromatic rings. The molecule has 2 rings (SSSR count). The number of methoxy groups -OCH3 is 1. The van der Waals surface area contributed by atoms with Gasteiger partial charge in [0.15, 0.2) is 0 Å². The van der Waals surface area contributed by atoms with Crippen LogP contribution in [0.25, 0.3) is 0 Å². The first kappa shape index (κ1) is 15.1. The van der Waals surface area contributed by atoms with Crippen LogP contribution < -0.4 is 10.1 Å². The lowest BCUT2D eigenvalue weighted by Gasteiger charge is -2.26. The van der Waals surface area contributed by atoms with Crippen molar-refractivity contribution in [2.45, 2.75) is 25.7 Å². The number of rotatable bonds is 4. The Hall–Kier alpha value is -1.27. The maximum atomic E-state index is 12.2. The van der Waals surface area contributed by atoms with E-state index in [1.165, 1.54) is 11.1 Å². The van der Waals surface area contributed by atoms with Crippen molar-refractivity contribution in [2.75, 3.05) is 27.2 Å². The van der Waals surface area contributed by atoms with Gasteiger partial charge < -0.3 is 15.0 Å². The molecule has 0 radical (unpaired) electrons. The van der Waals surface area contributed by atoms with Crippen LogP contribution in [-0.4, -0.2) is 38.3 Å². The summed E-state index contributed by atoms with van der Waals surface area (Å²) < 4.78 is 41.8. The summed E-state index contributed by atoms with van der Waals surface area (Å²) in [4.78, 5) is 2.21. The van der Waals surface area contributed by atoms with Crippen molar-refractivity contribution in [1.29, 1.82) is 0 Å². The van der Waals surface area contributed by atoms with E-state index in [1.54, 1.807) is 7.11 Å². The third kappa shape index (κ3) is 3.86. The minimum absolute atomic E-state index is 0.159. The molecule has 0 bridgehead atoms. The second kappa shape index (κ2) is 6.01. The Labute approximate surface area is 116 Å². The van der Waals surface area contributed by atoms with Crippen LogP contribution in [0.1, 0.15) is 16.7 Å². The molecular weight excluding hydrogens is 269 g/mol. The Morgan fingerprint density at radius 1 is 1.30 bits per heavy atom. The molecule has 20 heavy (non-hydrogen) atoms. The minimum Gasteiger partial charge on any atom is -0.496 e. The Kier molecular flexibility index (Phi) is 4.55. The fourth-order valence-electron chi connectivity index (χ4n) is 2.45. The molecule has 0 unspecified atom stereocenters. The summed E-state index contributed by atoms with van der Waals surface area (Å²) in [6.45, 7) is 0.985. The summed E-state index contributed by atoms with van der Waals surface area (Å²) in [6.07, 6.45) is -3.27. The zero-order valence-corrected chi connectivity index (χ0v) is 11.7. The summed E-state index contributed by atoms with van der Waals surface area (Å²) >= 11 is 0. The van der Waals surface area contributed by atoms with E-state index in [9.17, 15) is 13.2 Å². The van der Waals surface area contributed by atoms with Crippen LogP contribution in [0.2, 0.25) is 0 Å². The summed E-state index contributed by atoms with van der Waals surface area (Å²) in [6, 6.07) is 3.90. The van der Waals surface area contributed by atoms with Crippen molar-refractivity contribution in [3.8, 4) is 5.75 Å². The number of fused-ring (bicyclic) bond motifs is 1. The van der Waals surface area contributed by atoms with Gasteiger partial charge in [0.05, 0.1) is 13.7 Å². The van der Waals surface area contributed by atoms with Gasteiger partial charge in [0.2, 0.25) is 0 Å². The third-order valence-electron chi connectivity index (χ3n) is 3.45. The number of nitrogens with zero attached hydrogens (tertiary/aromatic N) is 1. The zero-order valence-electron chi connectivity index (χ0n) is 11.7. The van der Waals surface area contributed by atoms with Gasteiger partial charge in [0.1, 0.15) is 5.75 Å². The van der Waals surface area contributed by atoms with Gasteiger partial charge in [0.25, 0.3) is 0 Å². The van der Waals surface area contributed by atoms with E-state index in [0.29, 0.717) is 5.75 Å². The van der Waals surface area contributed by atoms with E-state index in [0.717, 1.165) is 25.1 Å². The largest absolute Gasteiger partial charge is 0.496 e. The number of nitrogens with one attached hydrogen (secondary N) is 1. The van der Waals surface area contributed by atoms with Gasteiger partial charge >= 0.3 is 6.18 Å². The average molecular weight is 288 g/mol.